The molecule has 0 bridgehead atoms. The zero-order valence-electron chi connectivity index (χ0n) is 14.3. The standard InChI is InChI=1S/C16H25O6PS2/c1-21-23(19,20)22-9-24-25-13-8-4-7-12-14(13)16(18)11-6-3-2-5-10(11)15(12)17/h10-14H,2-9H2,1H3,(H,19,20)/p-1. The van der Waals surface area contributed by atoms with Crippen LogP contribution < -0.4 is 4.89 Å². The third-order valence-corrected chi connectivity index (χ3v) is 9.33. The minimum Gasteiger partial charge on any atom is -0.756 e. The van der Waals surface area contributed by atoms with E-state index in [0.717, 1.165) is 52.1 Å². The highest BCUT2D eigenvalue weighted by molar-refractivity contribution is 8.76. The number of carbonyl (C=O) groups excluding carboxylic acids is 2. The highest BCUT2D eigenvalue weighted by Crippen LogP contribution is 2.51. The minimum absolute atomic E-state index is 0.0460. The van der Waals surface area contributed by atoms with Crippen LogP contribution >= 0.6 is 29.4 Å². The van der Waals surface area contributed by atoms with E-state index in [1.165, 1.54) is 21.6 Å². The van der Waals surface area contributed by atoms with Gasteiger partial charge in [0, 0.05) is 36.0 Å². The Balaban J connectivity index is 1.62. The maximum Gasteiger partial charge on any atom is 0.268 e. The molecule has 0 heterocycles. The number of hydrogen-bond donors (Lipinski definition) is 0. The van der Waals surface area contributed by atoms with Crippen LogP contribution in [0.1, 0.15) is 44.9 Å². The molecule has 0 N–H and O–H groups in total. The summed E-state index contributed by atoms with van der Waals surface area (Å²) >= 11 is 0. The summed E-state index contributed by atoms with van der Waals surface area (Å²) in [6, 6.07) is 0. The van der Waals surface area contributed by atoms with E-state index in [0.29, 0.717) is 5.78 Å². The zero-order chi connectivity index (χ0) is 18.0. The molecule has 0 aromatic rings. The Hall–Kier alpha value is 0.150. The van der Waals surface area contributed by atoms with Crippen molar-refractivity contribution in [1.82, 2.24) is 0 Å². The first kappa shape index (κ1) is 19.9. The molecule has 142 valence electrons. The van der Waals surface area contributed by atoms with Gasteiger partial charge in [-0.3, -0.25) is 14.2 Å². The van der Waals surface area contributed by atoms with Crippen molar-refractivity contribution in [2.45, 2.75) is 50.2 Å². The molecule has 25 heavy (non-hydrogen) atoms. The van der Waals surface area contributed by atoms with E-state index in [1.54, 1.807) is 0 Å². The predicted molar refractivity (Wildman–Crippen MR) is 95.8 cm³/mol. The van der Waals surface area contributed by atoms with Gasteiger partial charge >= 0.3 is 0 Å². The molecule has 0 aliphatic heterocycles. The molecular formula is C16H24O6PS2-. The smallest absolute Gasteiger partial charge is 0.268 e. The number of Topliss-reactive ketones (excluding diaryl/α,β-unsaturated/α-hetero) is 2. The fourth-order valence-corrected chi connectivity index (χ4v) is 8.01. The lowest BCUT2D eigenvalue weighted by Crippen LogP contribution is -2.53. The normalized spacial score (nSPS) is 37.9. The van der Waals surface area contributed by atoms with Crippen LogP contribution in [0.2, 0.25) is 0 Å². The Kier molecular flexibility index (Phi) is 6.72. The Morgan fingerprint density at radius 2 is 1.68 bits per heavy atom. The molecule has 9 heteroatoms. The van der Waals surface area contributed by atoms with Gasteiger partial charge in [-0.15, -0.1) is 0 Å². The highest BCUT2D eigenvalue weighted by Gasteiger charge is 2.53. The summed E-state index contributed by atoms with van der Waals surface area (Å²) in [6.07, 6.45) is 6.44. The molecule has 3 aliphatic carbocycles. The van der Waals surface area contributed by atoms with E-state index in [9.17, 15) is 19.0 Å². The molecule has 6 unspecified atom stereocenters. The van der Waals surface area contributed by atoms with E-state index < -0.39 is 7.82 Å². The first-order chi connectivity index (χ1) is 11.9. The average molecular weight is 407 g/mol. The van der Waals surface area contributed by atoms with Gasteiger partial charge in [-0.2, -0.15) is 0 Å². The number of fused-ring (bicyclic) bond motifs is 2. The predicted octanol–water partition coefficient (Wildman–Crippen LogP) is 3.20. The Bertz CT molecular complexity index is 571. The molecule has 0 spiro atoms. The number of carbonyl (C=O) groups is 2. The molecule has 3 fully saturated rings. The molecule has 3 aliphatic rings. The van der Waals surface area contributed by atoms with E-state index in [1.807, 2.05) is 0 Å². The van der Waals surface area contributed by atoms with Crippen LogP contribution in [0.25, 0.3) is 0 Å². The lowest BCUT2D eigenvalue weighted by molar-refractivity contribution is -0.221. The lowest BCUT2D eigenvalue weighted by atomic mass is 9.58. The number of phosphoric ester groups is 1. The molecule has 0 amide bonds. The molecule has 3 rings (SSSR count). The van der Waals surface area contributed by atoms with Crippen molar-refractivity contribution in [3.8, 4) is 0 Å². The molecule has 0 aromatic carbocycles. The van der Waals surface area contributed by atoms with Crippen molar-refractivity contribution in [3.05, 3.63) is 0 Å². The van der Waals surface area contributed by atoms with E-state index in [4.69, 9.17) is 4.52 Å². The van der Waals surface area contributed by atoms with Crippen LogP contribution in [-0.4, -0.2) is 29.9 Å². The minimum atomic E-state index is -4.22. The third-order valence-electron chi connectivity index (χ3n) is 5.70. The molecule has 0 saturated heterocycles. The monoisotopic (exact) mass is 407 g/mol. The van der Waals surface area contributed by atoms with E-state index in [2.05, 4.69) is 4.52 Å². The van der Waals surface area contributed by atoms with Crippen LogP contribution in [-0.2, 0) is 23.2 Å². The molecule has 0 aromatic heterocycles. The number of ketones is 2. The van der Waals surface area contributed by atoms with Crippen LogP contribution in [0.5, 0.6) is 0 Å². The highest BCUT2D eigenvalue weighted by atomic mass is 33.1. The zero-order valence-corrected chi connectivity index (χ0v) is 16.8. The molecule has 6 nitrogen and oxygen atoms in total. The number of hydrogen-bond acceptors (Lipinski definition) is 8. The van der Waals surface area contributed by atoms with Gasteiger partial charge in [-0.1, -0.05) is 40.9 Å². The summed E-state index contributed by atoms with van der Waals surface area (Å²) in [5.74, 6) is 0.0597. The molecular weight excluding hydrogens is 383 g/mol. The first-order valence-electron chi connectivity index (χ1n) is 8.81. The quantitative estimate of drug-likeness (QED) is 0.287. The summed E-state index contributed by atoms with van der Waals surface area (Å²) in [5.41, 5.74) is 0. The number of rotatable bonds is 6. The summed E-state index contributed by atoms with van der Waals surface area (Å²) < 4.78 is 20.2. The van der Waals surface area contributed by atoms with Crippen molar-refractivity contribution in [2.75, 3.05) is 13.0 Å². The van der Waals surface area contributed by atoms with Gasteiger partial charge in [-0.25, -0.2) is 0 Å². The first-order valence-corrected chi connectivity index (χ1v) is 12.7. The van der Waals surface area contributed by atoms with Gasteiger partial charge in [0.05, 0.1) is 0 Å². The summed E-state index contributed by atoms with van der Waals surface area (Å²) in [4.78, 5) is 37.2. The SMILES string of the molecule is COP(=O)([O-])OCSSC1CCCC2C(=O)C3CCCCC3C(=O)C12. The van der Waals surface area contributed by atoms with Crippen molar-refractivity contribution in [1.29, 1.82) is 0 Å². The van der Waals surface area contributed by atoms with Crippen LogP contribution in [0.4, 0.5) is 0 Å². The second-order valence-electron chi connectivity index (χ2n) is 6.99. The summed E-state index contributed by atoms with van der Waals surface area (Å²) in [5, 5.41) is 0.0558. The maximum absolute atomic E-state index is 13.1. The Labute approximate surface area is 156 Å². The van der Waals surface area contributed by atoms with Crippen molar-refractivity contribution in [3.63, 3.8) is 0 Å². The van der Waals surface area contributed by atoms with Gasteiger partial charge < -0.3 is 13.9 Å². The topological polar surface area (TPSA) is 92.7 Å². The second-order valence-corrected chi connectivity index (χ2v) is 11.1. The largest absolute Gasteiger partial charge is 0.756 e. The van der Waals surface area contributed by atoms with Crippen LogP contribution in [0, 0.1) is 23.7 Å². The Morgan fingerprint density at radius 3 is 2.36 bits per heavy atom. The van der Waals surface area contributed by atoms with Gasteiger partial charge in [0.1, 0.15) is 17.5 Å². The van der Waals surface area contributed by atoms with Crippen molar-refractivity contribution < 1.29 is 28.1 Å². The van der Waals surface area contributed by atoms with E-state index >= 15 is 0 Å². The number of phosphoric acid groups is 1. The van der Waals surface area contributed by atoms with E-state index in [-0.39, 0.29) is 40.6 Å². The van der Waals surface area contributed by atoms with Gasteiger partial charge in [0.25, 0.3) is 7.82 Å². The summed E-state index contributed by atoms with van der Waals surface area (Å²) in [6.45, 7) is 0. The third kappa shape index (κ3) is 4.36. The molecule has 6 atom stereocenters. The molecule has 0 radical (unpaired) electrons. The molecule has 3 saturated carbocycles. The average Bonchev–Trinajstić information content (AvgIpc) is 2.63. The lowest BCUT2D eigenvalue weighted by Gasteiger charge is -2.46. The van der Waals surface area contributed by atoms with Gasteiger partial charge in [0.2, 0.25) is 0 Å². The summed E-state index contributed by atoms with van der Waals surface area (Å²) in [7, 11) is -0.408. The van der Waals surface area contributed by atoms with Gasteiger partial charge in [0.15, 0.2) is 0 Å². The van der Waals surface area contributed by atoms with Gasteiger partial charge in [-0.05, 0) is 25.7 Å². The Morgan fingerprint density at radius 1 is 1.04 bits per heavy atom. The van der Waals surface area contributed by atoms with Crippen LogP contribution in [0.3, 0.4) is 0 Å². The second kappa shape index (κ2) is 8.44. The van der Waals surface area contributed by atoms with Crippen molar-refractivity contribution in [2.24, 2.45) is 23.7 Å². The fourth-order valence-electron chi connectivity index (χ4n) is 4.55. The van der Waals surface area contributed by atoms with Crippen molar-refractivity contribution >= 4 is 41.0 Å². The maximum atomic E-state index is 13.1. The van der Waals surface area contributed by atoms with Crippen LogP contribution in [0.15, 0.2) is 0 Å². The fraction of sp³-hybridized carbons (Fsp3) is 0.875.